The molecule has 1 heterocycles. The molecular formula is C18H17Cl4N3S. The van der Waals surface area contributed by atoms with E-state index in [-0.39, 0.29) is 0 Å². The number of hydrogen-bond donors (Lipinski definition) is 1. The number of nitrogens with one attached hydrogen (secondary N) is 1. The molecular weight excluding hydrogens is 432 g/mol. The highest BCUT2D eigenvalue weighted by Gasteiger charge is 2.20. The van der Waals surface area contributed by atoms with Gasteiger partial charge in [0.05, 0.1) is 10.0 Å². The van der Waals surface area contributed by atoms with Crippen molar-refractivity contribution in [3.63, 3.8) is 0 Å². The van der Waals surface area contributed by atoms with Gasteiger partial charge in [0, 0.05) is 48.5 Å². The Bertz CT molecular complexity index is 807. The second-order valence-corrected chi connectivity index (χ2v) is 8.10. The van der Waals surface area contributed by atoms with E-state index in [0.29, 0.717) is 25.2 Å². The summed E-state index contributed by atoms with van der Waals surface area (Å²) >= 11 is 29.7. The predicted octanol–water partition coefficient (Wildman–Crippen LogP) is 5.81. The van der Waals surface area contributed by atoms with Gasteiger partial charge in [0.25, 0.3) is 0 Å². The molecule has 0 atom stereocenters. The topological polar surface area (TPSA) is 18.5 Å². The molecule has 1 aliphatic heterocycles. The van der Waals surface area contributed by atoms with Crippen molar-refractivity contribution in [2.45, 2.75) is 6.54 Å². The van der Waals surface area contributed by atoms with Gasteiger partial charge < -0.3 is 10.2 Å². The lowest BCUT2D eigenvalue weighted by atomic mass is 10.2. The third kappa shape index (κ3) is 5.16. The van der Waals surface area contributed by atoms with Crippen molar-refractivity contribution in [1.29, 1.82) is 0 Å². The SMILES string of the molecule is S=C(Nc1ccc(Cl)c(Cl)c1)N1CCN(Cc2ccc(Cl)cc2Cl)CC1. The Kier molecular flexibility index (Phi) is 6.89. The minimum atomic E-state index is 0.504. The molecule has 0 bridgehead atoms. The first kappa shape index (κ1) is 20.0. The Hall–Kier alpha value is -0.750. The van der Waals surface area contributed by atoms with Crippen molar-refractivity contribution < 1.29 is 0 Å². The van der Waals surface area contributed by atoms with Gasteiger partial charge in [-0.2, -0.15) is 0 Å². The molecule has 0 radical (unpaired) electrons. The van der Waals surface area contributed by atoms with Crippen molar-refractivity contribution in [2.75, 3.05) is 31.5 Å². The van der Waals surface area contributed by atoms with Crippen LogP contribution in [0.1, 0.15) is 5.56 Å². The number of hydrogen-bond acceptors (Lipinski definition) is 2. The quantitative estimate of drug-likeness (QED) is 0.596. The minimum Gasteiger partial charge on any atom is -0.346 e. The Morgan fingerprint density at radius 3 is 2.27 bits per heavy atom. The van der Waals surface area contributed by atoms with Crippen LogP contribution in [0, 0.1) is 0 Å². The van der Waals surface area contributed by atoms with Crippen molar-refractivity contribution in [1.82, 2.24) is 9.80 Å². The molecule has 0 spiro atoms. The molecule has 2 aromatic rings. The molecule has 1 saturated heterocycles. The Morgan fingerprint density at radius 1 is 0.885 bits per heavy atom. The zero-order valence-electron chi connectivity index (χ0n) is 13.8. The van der Waals surface area contributed by atoms with Crippen LogP contribution in [0.4, 0.5) is 5.69 Å². The third-order valence-electron chi connectivity index (χ3n) is 4.24. The van der Waals surface area contributed by atoms with E-state index in [1.807, 2.05) is 18.2 Å². The van der Waals surface area contributed by atoms with E-state index in [0.717, 1.165) is 44.0 Å². The average molecular weight is 449 g/mol. The van der Waals surface area contributed by atoms with E-state index in [9.17, 15) is 0 Å². The number of anilines is 1. The molecule has 0 aromatic heterocycles. The van der Waals surface area contributed by atoms with Gasteiger partial charge in [-0.15, -0.1) is 0 Å². The monoisotopic (exact) mass is 447 g/mol. The number of piperazine rings is 1. The van der Waals surface area contributed by atoms with Crippen molar-refractivity contribution >= 4 is 69.4 Å². The molecule has 1 fully saturated rings. The van der Waals surface area contributed by atoms with Gasteiger partial charge in [0.1, 0.15) is 0 Å². The van der Waals surface area contributed by atoms with Crippen molar-refractivity contribution in [3.05, 3.63) is 62.1 Å². The Morgan fingerprint density at radius 2 is 1.62 bits per heavy atom. The van der Waals surface area contributed by atoms with Gasteiger partial charge in [-0.3, -0.25) is 4.90 Å². The Labute approximate surface area is 178 Å². The van der Waals surface area contributed by atoms with Gasteiger partial charge >= 0.3 is 0 Å². The predicted molar refractivity (Wildman–Crippen MR) is 116 cm³/mol. The van der Waals surface area contributed by atoms with Gasteiger partial charge in [0.15, 0.2) is 5.11 Å². The van der Waals surface area contributed by atoms with Gasteiger partial charge in [-0.05, 0) is 48.1 Å². The maximum Gasteiger partial charge on any atom is 0.173 e. The molecule has 1 aliphatic rings. The van der Waals surface area contributed by atoms with Crippen LogP contribution in [-0.4, -0.2) is 41.1 Å². The lowest BCUT2D eigenvalue weighted by molar-refractivity contribution is 0.177. The maximum atomic E-state index is 6.27. The molecule has 0 amide bonds. The van der Waals surface area contributed by atoms with Crippen LogP contribution < -0.4 is 5.32 Å². The molecule has 2 aromatic carbocycles. The first-order chi connectivity index (χ1) is 12.4. The minimum absolute atomic E-state index is 0.504. The zero-order chi connectivity index (χ0) is 18.7. The van der Waals surface area contributed by atoms with Gasteiger partial charge in [0.2, 0.25) is 0 Å². The fourth-order valence-electron chi connectivity index (χ4n) is 2.78. The summed E-state index contributed by atoms with van der Waals surface area (Å²) in [4.78, 5) is 4.51. The normalized spacial score (nSPS) is 15.2. The summed E-state index contributed by atoms with van der Waals surface area (Å²) in [6.07, 6.45) is 0. The highest BCUT2D eigenvalue weighted by atomic mass is 35.5. The molecule has 0 saturated carbocycles. The number of benzene rings is 2. The van der Waals surface area contributed by atoms with Crippen LogP contribution in [0.2, 0.25) is 20.1 Å². The Balaban J connectivity index is 1.52. The summed E-state index contributed by atoms with van der Waals surface area (Å²) in [5.74, 6) is 0. The molecule has 26 heavy (non-hydrogen) atoms. The number of thiocarbonyl (C=S) groups is 1. The van der Waals surface area contributed by atoms with E-state index in [2.05, 4.69) is 15.1 Å². The van der Waals surface area contributed by atoms with Gasteiger partial charge in [-0.25, -0.2) is 0 Å². The van der Waals surface area contributed by atoms with Crippen LogP contribution in [-0.2, 0) is 6.54 Å². The lowest BCUT2D eigenvalue weighted by Gasteiger charge is -2.36. The van der Waals surface area contributed by atoms with E-state index in [1.165, 1.54) is 0 Å². The maximum absolute atomic E-state index is 6.27. The highest BCUT2D eigenvalue weighted by Crippen LogP contribution is 2.25. The molecule has 0 unspecified atom stereocenters. The first-order valence-electron chi connectivity index (χ1n) is 8.09. The summed E-state index contributed by atoms with van der Waals surface area (Å²) < 4.78 is 0. The molecule has 3 nitrogen and oxygen atoms in total. The van der Waals surface area contributed by atoms with Crippen LogP contribution in [0.25, 0.3) is 0 Å². The van der Waals surface area contributed by atoms with E-state index in [1.54, 1.807) is 18.2 Å². The van der Waals surface area contributed by atoms with E-state index in [4.69, 9.17) is 58.6 Å². The standard InChI is InChI=1S/C18H17Cl4N3S/c19-13-2-1-12(16(21)9-13)11-24-5-7-25(8-6-24)18(26)23-14-3-4-15(20)17(22)10-14/h1-4,9-10H,5-8,11H2,(H,23,26). The number of rotatable bonds is 3. The molecule has 3 rings (SSSR count). The zero-order valence-corrected chi connectivity index (χ0v) is 17.7. The highest BCUT2D eigenvalue weighted by molar-refractivity contribution is 7.80. The van der Waals surface area contributed by atoms with Crippen LogP contribution in [0.5, 0.6) is 0 Å². The fraction of sp³-hybridized carbons (Fsp3) is 0.278. The summed E-state index contributed by atoms with van der Waals surface area (Å²) in [6, 6.07) is 11.0. The summed E-state index contributed by atoms with van der Waals surface area (Å²) in [5, 5.41) is 6.30. The average Bonchev–Trinajstić information content (AvgIpc) is 2.61. The molecule has 138 valence electrons. The number of halogens is 4. The summed E-state index contributed by atoms with van der Waals surface area (Å²) in [6.45, 7) is 4.30. The van der Waals surface area contributed by atoms with Crippen LogP contribution >= 0.6 is 58.6 Å². The van der Waals surface area contributed by atoms with Gasteiger partial charge in [-0.1, -0.05) is 52.5 Å². The lowest BCUT2D eigenvalue weighted by Crippen LogP contribution is -2.49. The second-order valence-electron chi connectivity index (χ2n) is 6.06. The van der Waals surface area contributed by atoms with Crippen molar-refractivity contribution in [2.24, 2.45) is 0 Å². The smallest absolute Gasteiger partial charge is 0.173 e. The number of nitrogens with zero attached hydrogens (tertiary/aromatic N) is 2. The first-order valence-corrected chi connectivity index (χ1v) is 10.0. The molecule has 1 N–H and O–H groups in total. The molecule has 0 aliphatic carbocycles. The largest absolute Gasteiger partial charge is 0.346 e. The second kappa shape index (κ2) is 8.96. The van der Waals surface area contributed by atoms with Crippen molar-refractivity contribution in [3.8, 4) is 0 Å². The third-order valence-corrected chi connectivity index (χ3v) is 5.93. The van der Waals surface area contributed by atoms with Crippen LogP contribution in [0.3, 0.4) is 0 Å². The fourth-order valence-corrected chi connectivity index (χ4v) is 3.84. The van der Waals surface area contributed by atoms with E-state index < -0.39 is 0 Å². The summed E-state index contributed by atoms with van der Waals surface area (Å²) in [7, 11) is 0. The van der Waals surface area contributed by atoms with E-state index >= 15 is 0 Å². The molecule has 8 heteroatoms. The van der Waals surface area contributed by atoms with Crippen LogP contribution in [0.15, 0.2) is 36.4 Å². The summed E-state index contributed by atoms with van der Waals surface area (Å²) in [5.41, 5.74) is 1.92.